The average Bonchev–Trinajstić information content (AvgIpc) is 2.97. The molecule has 3 rings (SSSR count). The van der Waals surface area contributed by atoms with Crippen molar-refractivity contribution in [3.63, 3.8) is 0 Å². The molecule has 0 saturated heterocycles. The molecule has 0 spiro atoms. The van der Waals surface area contributed by atoms with Crippen molar-refractivity contribution >= 4 is 15.7 Å². The Morgan fingerprint density at radius 3 is 2.25 bits per heavy atom. The van der Waals surface area contributed by atoms with Gasteiger partial charge in [0.15, 0.2) is 0 Å². The molecule has 0 aliphatic heterocycles. The lowest BCUT2D eigenvalue weighted by Crippen LogP contribution is -2.13. The van der Waals surface area contributed by atoms with Crippen LogP contribution in [0.1, 0.15) is 17.0 Å². The molecule has 124 valence electrons. The van der Waals surface area contributed by atoms with E-state index in [1.54, 1.807) is 30.5 Å². The predicted octanol–water partition coefficient (Wildman–Crippen LogP) is 3.80. The molecule has 0 saturated carbocycles. The van der Waals surface area contributed by atoms with Crippen LogP contribution < -0.4 is 4.72 Å². The summed E-state index contributed by atoms with van der Waals surface area (Å²) in [6, 6.07) is 12.3. The Labute approximate surface area is 141 Å². The van der Waals surface area contributed by atoms with Crippen LogP contribution in [0.4, 0.5) is 5.69 Å². The summed E-state index contributed by atoms with van der Waals surface area (Å²) in [6.07, 6.45) is 1.75. The Bertz CT molecular complexity index is 974. The predicted molar refractivity (Wildman–Crippen MR) is 95.5 cm³/mol. The highest BCUT2D eigenvalue weighted by atomic mass is 32.2. The Balaban J connectivity index is 1.83. The first-order chi connectivity index (χ1) is 11.3. The minimum absolute atomic E-state index is 0.263. The number of nitrogens with one attached hydrogen (secondary N) is 2. The van der Waals surface area contributed by atoms with Gasteiger partial charge in [-0.05, 0) is 61.7 Å². The lowest BCUT2D eigenvalue weighted by atomic mass is 10.1. The Morgan fingerprint density at radius 2 is 1.67 bits per heavy atom. The number of benzene rings is 2. The minimum Gasteiger partial charge on any atom is -0.342 e. The Hall–Kier alpha value is -2.60. The molecule has 0 bridgehead atoms. The lowest BCUT2D eigenvalue weighted by Gasteiger charge is -2.10. The second-order valence-electron chi connectivity index (χ2n) is 5.81. The van der Waals surface area contributed by atoms with Gasteiger partial charge in [0.25, 0.3) is 10.0 Å². The number of hydrogen-bond donors (Lipinski definition) is 2. The molecule has 0 unspecified atom stereocenters. The van der Waals surface area contributed by atoms with Gasteiger partial charge >= 0.3 is 0 Å². The second-order valence-corrected chi connectivity index (χ2v) is 7.49. The van der Waals surface area contributed by atoms with Gasteiger partial charge in [-0.3, -0.25) is 4.72 Å². The van der Waals surface area contributed by atoms with E-state index in [0.717, 1.165) is 28.2 Å². The third kappa shape index (κ3) is 3.33. The maximum atomic E-state index is 12.5. The maximum absolute atomic E-state index is 12.5. The molecule has 5 nitrogen and oxygen atoms in total. The van der Waals surface area contributed by atoms with E-state index in [0.29, 0.717) is 5.69 Å². The van der Waals surface area contributed by atoms with Crippen LogP contribution in [0.25, 0.3) is 11.3 Å². The number of nitrogens with zero attached hydrogens (tertiary/aromatic N) is 1. The summed E-state index contributed by atoms with van der Waals surface area (Å²) in [7, 11) is -3.60. The van der Waals surface area contributed by atoms with Crippen molar-refractivity contribution in [2.45, 2.75) is 25.7 Å². The van der Waals surface area contributed by atoms with Crippen LogP contribution in [0.5, 0.6) is 0 Å². The van der Waals surface area contributed by atoms with E-state index in [4.69, 9.17) is 0 Å². The van der Waals surface area contributed by atoms with Crippen LogP contribution in [0.3, 0.4) is 0 Å². The summed E-state index contributed by atoms with van der Waals surface area (Å²) in [5.74, 6) is 0.838. The highest BCUT2D eigenvalue weighted by molar-refractivity contribution is 7.92. The van der Waals surface area contributed by atoms with Gasteiger partial charge in [0.1, 0.15) is 5.82 Å². The minimum atomic E-state index is -3.60. The third-order valence-electron chi connectivity index (χ3n) is 3.94. The van der Waals surface area contributed by atoms with Gasteiger partial charge in [-0.2, -0.15) is 0 Å². The van der Waals surface area contributed by atoms with Crippen LogP contribution in [0, 0.1) is 20.8 Å². The molecule has 1 aromatic heterocycles. The van der Waals surface area contributed by atoms with Crippen LogP contribution in [0.2, 0.25) is 0 Å². The monoisotopic (exact) mass is 341 g/mol. The first-order valence-corrected chi connectivity index (χ1v) is 9.05. The van der Waals surface area contributed by atoms with Gasteiger partial charge in [0.2, 0.25) is 0 Å². The number of sulfonamides is 1. The van der Waals surface area contributed by atoms with Gasteiger partial charge in [0.05, 0.1) is 16.8 Å². The smallest absolute Gasteiger partial charge is 0.261 e. The zero-order valence-corrected chi connectivity index (χ0v) is 14.6. The number of hydrogen-bond acceptors (Lipinski definition) is 3. The van der Waals surface area contributed by atoms with Crippen molar-refractivity contribution in [2.75, 3.05) is 4.72 Å². The SMILES string of the molecule is Cc1ncc(-c2ccc(NS(=O)(=O)c3ccc(C)c(C)c3)cc2)[nH]1. The topological polar surface area (TPSA) is 74.8 Å². The van der Waals surface area contributed by atoms with Gasteiger partial charge in [-0.25, -0.2) is 13.4 Å². The molecule has 2 aromatic carbocycles. The van der Waals surface area contributed by atoms with E-state index >= 15 is 0 Å². The highest BCUT2D eigenvalue weighted by Gasteiger charge is 2.15. The van der Waals surface area contributed by atoms with Crippen molar-refractivity contribution in [1.82, 2.24) is 9.97 Å². The molecule has 0 amide bonds. The molecule has 2 N–H and O–H groups in total. The van der Waals surface area contributed by atoms with E-state index in [1.807, 2.05) is 39.0 Å². The first-order valence-electron chi connectivity index (χ1n) is 7.57. The zero-order chi connectivity index (χ0) is 17.3. The van der Waals surface area contributed by atoms with Crippen LogP contribution in [-0.4, -0.2) is 18.4 Å². The number of aromatic amines is 1. The lowest BCUT2D eigenvalue weighted by molar-refractivity contribution is 0.601. The van der Waals surface area contributed by atoms with E-state index in [2.05, 4.69) is 14.7 Å². The first kappa shape index (κ1) is 16.3. The molecule has 24 heavy (non-hydrogen) atoms. The summed E-state index contributed by atoms with van der Waals surface area (Å²) >= 11 is 0. The van der Waals surface area contributed by atoms with Gasteiger partial charge < -0.3 is 4.98 Å². The normalized spacial score (nSPS) is 11.5. The summed E-state index contributed by atoms with van der Waals surface area (Å²) in [5.41, 5.74) is 4.38. The van der Waals surface area contributed by atoms with Crippen molar-refractivity contribution in [3.8, 4) is 11.3 Å². The molecule has 1 heterocycles. The fourth-order valence-corrected chi connectivity index (χ4v) is 3.52. The molecule has 0 aliphatic carbocycles. The molecule has 0 radical (unpaired) electrons. The number of anilines is 1. The van der Waals surface area contributed by atoms with Crippen LogP contribution in [0.15, 0.2) is 53.6 Å². The van der Waals surface area contributed by atoms with Gasteiger partial charge in [0, 0.05) is 5.69 Å². The summed E-state index contributed by atoms with van der Waals surface area (Å²) in [4.78, 5) is 7.57. The largest absolute Gasteiger partial charge is 0.342 e. The fourth-order valence-electron chi connectivity index (χ4n) is 2.38. The summed E-state index contributed by atoms with van der Waals surface area (Å²) < 4.78 is 27.6. The molecule has 0 aliphatic rings. The number of aryl methyl sites for hydroxylation is 3. The number of H-pyrrole nitrogens is 1. The fraction of sp³-hybridized carbons (Fsp3) is 0.167. The van der Waals surface area contributed by atoms with Crippen LogP contribution in [-0.2, 0) is 10.0 Å². The second kappa shape index (κ2) is 6.13. The van der Waals surface area contributed by atoms with Gasteiger partial charge in [-0.15, -0.1) is 0 Å². The Morgan fingerprint density at radius 1 is 0.958 bits per heavy atom. The molecule has 6 heteroatoms. The van der Waals surface area contributed by atoms with Crippen LogP contribution >= 0.6 is 0 Å². The van der Waals surface area contributed by atoms with Crippen molar-refractivity contribution < 1.29 is 8.42 Å². The number of aromatic nitrogens is 2. The quantitative estimate of drug-likeness (QED) is 0.758. The summed E-state index contributed by atoms with van der Waals surface area (Å²) in [6.45, 7) is 5.74. The van der Waals surface area contributed by atoms with Crippen molar-refractivity contribution in [2.24, 2.45) is 0 Å². The highest BCUT2D eigenvalue weighted by Crippen LogP contribution is 2.22. The zero-order valence-electron chi connectivity index (χ0n) is 13.8. The number of rotatable bonds is 4. The standard InChI is InChI=1S/C18H19N3O2S/c1-12-4-9-17(10-13(12)2)24(22,23)21-16-7-5-15(6-8-16)18-11-19-14(3)20-18/h4-11,21H,1-3H3,(H,19,20). The molecule has 0 fully saturated rings. The van der Waals surface area contributed by atoms with E-state index < -0.39 is 10.0 Å². The summed E-state index contributed by atoms with van der Waals surface area (Å²) in [5, 5.41) is 0. The van der Waals surface area contributed by atoms with Crippen molar-refractivity contribution in [1.29, 1.82) is 0 Å². The Kier molecular flexibility index (Phi) is 4.15. The average molecular weight is 341 g/mol. The van der Waals surface area contributed by atoms with Crippen molar-refractivity contribution in [3.05, 3.63) is 65.6 Å². The molecular formula is C18H19N3O2S. The van der Waals surface area contributed by atoms with Gasteiger partial charge in [-0.1, -0.05) is 18.2 Å². The molecule has 3 aromatic rings. The maximum Gasteiger partial charge on any atom is 0.261 e. The van der Waals surface area contributed by atoms with E-state index in [-0.39, 0.29) is 4.90 Å². The molecule has 0 atom stereocenters. The molecular weight excluding hydrogens is 322 g/mol. The third-order valence-corrected chi connectivity index (χ3v) is 5.32. The number of imidazole rings is 1. The van der Waals surface area contributed by atoms with E-state index in [1.165, 1.54) is 0 Å². The van der Waals surface area contributed by atoms with E-state index in [9.17, 15) is 8.42 Å².